The molecule has 0 aliphatic carbocycles. The predicted octanol–water partition coefficient (Wildman–Crippen LogP) is 3.18. The highest BCUT2D eigenvalue weighted by atomic mass is 16.7. The summed E-state index contributed by atoms with van der Waals surface area (Å²) in [7, 11) is 3.75. The van der Waals surface area contributed by atoms with Crippen molar-refractivity contribution in [3.05, 3.63) is 52.1 Å². The highest BCUT2D eigenvalue weighted by Gasteiger charge is 2.52. The summed E-state index contributed by atoms with van der Waals surface area (Å²) in [5.41, 5.74) is 5.95. The summed E-state index contributed by atoms with van der Waals surface area (Å²) in [6.07, 6.45) is 3.25. The van der Waals surface area contributed by atoms with Gasteiger partial charge in [-0.3, -0.25) is 9.80 Å². The molecule has 2 N–H and O–H groups in total. The van der Waals surface area contributed by atoms with Crippen LogP contribution in [0.5, 0.6) is 28.7 Å². The molecule has 4 atom stereocenters. The van der Waals surface area contributed by atoms with E-state index in [1.807, 2.05) is 13.8 Å². The van der Waals surface area contributed by atoms with Crippen molar-refractivity contribution in [2.75, 3.05) is 40.7 Å². The number of phenols is 1. The molecule has 2 aromatic carbocycles. The number of methoxy groups -OCH3 is 1. The summed E-state index contributed by atoms with van der Waals surface area (Å²) >= 11 is 0. The molecule has 0 amide bonds. The van der Waals surface area contributed by atoms with Crippen molar-refractivity contribution in [1.29, 1.82) is 0 Å². The fourth-order valence-corrected chi connectivity index (χ4v) is 7.07. The van der Waals surface area contributed by atoms with E-state index in [0.29, 0.717) is 24.5 Å². The van der Waals surface area contributed by atoms with E-state index in [2.05, 4.69) is 29.5 Å². The first-order chi connectivity index (χ1) is 17.4. The van der Waals surface area contributed by atoms with Crippen LogP contribution in [0.15, 0.2) is 18.7 Å². The second-order valence-electron chi connectivity index (χ2n) is 10.3. The van der Waals surface area contributed by atoms with Gasteiger partial charge in [0, 0.05) is 40.9 Å². The average Bonchev–Trinajstić information content (AvgIpc) is 3.34. The maximum Gasteiger partial charge on any atom is 0.231 e. The topological polar surface area (TPSA) is 83.9 Å². The number of aliphatic hydroxyl groups is 1. The molecule has 0 radical (unpaired) electrons. The van der Waals surface area contributed by atoms with Crippen LogP contribution in [0.1, 0.15) is 45.5 Å². The highest BCUT2D eigenvalue weighted by Crippen LogP contribution is 2.57. The van der Waals surface area contributed by atoms with Crippen molar-refractivity contribution < 1.29 is 29.2 Å². The molecule has 192 valence electrons. The monoisotopic (exact) mass is 494 g/mol. The van der Waals surface area contributed by atoms with Crippen LogP contribution < -0.4 is 18.9 Å². The van der Waals surface area contributed by atoms with Crippen molar-refractivity contribution in [2.45, 2.75) is 50.9 Å². The number of fused-ring (bicyclic) bond motifs is 9. The van der Waals surface area contributed by atoms with Gasteiger partial charge in [0.15, 0.2) is 23.0 Å². The summed E-state index contributed by atoms with van der Waals surface area (Å²) in [4.78, 5) is 4.79. The third-order valence-corrected chi connectivity index (χ3v) is 8.55. The van der Waals surface area contributed by atoms with Gasteiger partial charge in [-0.15, -0.1) is 0 Å². The van der Waals surface area contributed by atoms with E-state index in [1.54, 1.807) is 13.2 Å². The van der Waals surface area contributed by atoms with Crippen LogP contribution >= 0.6 is 0 Å². The first kappa shape index (κ1) is 23.5. The van der Waals surface area contributed by atoms with Gasteiger partial charge >= 0.3 is 0 Å². The third-order valence-electron chi connectivity index (χ3n) is 8.55. The molecular weight excluding hydrogens is 460 g/mol. The third kappa shape index (κ3) is 3.11. The lowest BCUT2D eigenvalue weighted by Gasteiger charge is -2.57. The molecule has 1 fully saturated rings. The Balaban J connectivity index is 1.55. The number of phenolic OH excluding ortho intramolecular Hbond substituents is 1. The standard InChI is InChI=1S/C28H34N2O6/c1-6-7-34-26-15(3)27-28(36-13-35-27)22-18(26)10-19-23-21-16(8-14(2)25(33-5)24(21)32)9-17(29(23)4)11-30(19)20(22)12-31/h6,8,17,19-20,23,31-32H,1,7,9-13H2,2-5H3. The number of piperazine rings is 1. The Morgan fingerprint density at radius 3 is 2.67 bits per heavy atom. The normalized spacial score (nSPS) is 26.1. The van der Waals surface area contributed by atoms with Crippen LogP contribution in [-0.4, -0.2) is 72.8 Å². The maximum atomic E-state index is 11.4. The number of hydrogen-bond acceptors (Lipinski definition) is 8. The number of benzene rings is 2. The number of ether oxygens (including phenoxy) is 4. The van der Waals surface area contributed by atoms with Gasteiger partial charge in [-0.25, -0.2) is 0 Å². The van der Waals surface area contributed by atoms with Crippen LogP contribution in [0.2, 0.25) is 0 Å². The van der Waals surface area contributed by atoms with Gasteiger partial charge in [0.25, 0.3) is 0 Å². The Morgan fingerprint density at radius 2 is 1.94 bits per heavy atom. The highest BCUT2D eigenvalue weighted by molar-refractivity contribution is 5.66. The molecule has 2 bridgehead atoms. The molecule has 8 nitrogen and oxygen atoms in total. The fourth-order valence-electron chi connectivity index (χ4n) is 7.07. The van der Waals surface area contributed by atoms with Crippen molar-refractivity contribution in [3.8, 4) is 28.7 Å². The second-order valence-corrected chi connectivity index (χ2v) is 10.3. The van der Waals surface area contributed by atoms with E-state index in [9.17, 15) is 10.2 Å². The number of likely N-dealkylation sites (N-methyl/N-ethyl adjacent to an activating group) is 1. The summed E-state index contributed by atoms with van der Waals surface area (Å²) in [6, 6.07) is 2.10. The second kappa shape index (κ2) is 8.57. The van der Waals surface area contributed by atoms with Gasteiger partial charge in [0.2, 0.25) is 6.79 Å². The molecule has 6 rings (SSSR count). The first-order valence-electron chi connectivity index (χ1n) is 12.6. The van der Waals surface area contributed by atoms with Crippen molar-refractivity contribution >= 4 is 0 Å². The Kier molecular flexibility index (Phi) is 5.59. The van der Waals surface area contributed by atoms with E-state index >= 15 is 0 Å². The molecular formula is C28H34N2O6. The number of nitrogens with zero attached hydrogens (tertiary/aromatic N) is 2. The summed E-state index contributed by atoms with van der Waals surface area (Å²) in [6.45, 7) is 9.07. The minimum atomic E-state index is -0.268. The predicted molar refractivity (Wildman–Crippen MR) is 134 cm³/mol. The molecule has 0 aromatic heterocycles. The molecule has 8 heteroatoms. The van der Waals surface area contributed by atoms with Crippen molar-refractivity contribution in [3.63, 3.8) is 0 Å². The molecule has 4 aliphatic heterocycles. The van der Waals surface area contributed by atoms with E-state index < -0.39 is 0 Å². The lowest BCUT2D eigenvalue weighted by Crippen LogP contribution is -2.64. The summed E-state index contributed by atoms with van der Waals surface area (Å²) in [5, 5.41) is 22.2. The van der Waals surface area contributed by atoms with Gasteiger partial charge in [0.05, 0.1) is 25.8 Å². The Bertz CT molecular complexity index is 1240. The Morgan fingerprint density at radius 1 is 1.17 bits per heavy atom. The van der Waals surface area contributed by atoms with Crippen LogP contribution in [0.4, 0.5) is 0 Å². The van der Waals surface area contributed by atoms with Crippen LogP contribution in [0, 0.1) is 13.8 Å². The average molecular weight is 495 g/mol. The van der Waals surface area contributed by atoms with Gasteiger partial charge in [-0.05, 0) is 44.9 Å². The minimum absolute atomic E-state index is 0.0131. The van der Waals surface area contributed by atoms with E-state index in [1.165, 1.54) is 5.56 Å². The lowest BCUT2D eigenvalue weighted by atomic mass is 9.74. The summed E-state index contributed by atoms with van der Waals surface area (Å²) < 4.78 is 23.7. The molecule has 0 saturated carbocycles. The van der Waals surface area contributed by atoms with Gasteiger partial charge in [-0.2, -0.15) is 0 Å². The molecule has 36 heavy (non-hydrogen) atoms. The fraction of sp³-hybridized carbons (Fsp3) is 0.500. The van der Waals surface area contributed by atoms with E-state index in [-0.39, 0.29) is 43.3 Å². The van der Waals surface area contributed by atoms with E-state index in [4.69, 9.17) is 18.9 Å². The minimum Gasteiger partial charge on any atom is -0.504 e. The molecule has 1 saturated heterocycles. The molecule has 4 aliphatic rings. The zero-order valence-corrected chi connectivity index (χ0v) is 21.3. The largest absolute Gasteiger partial charge is 0.504 e. The first-order valence-corrected chi connectivity index (χ1v) is 12.6. The molecule has 0 spiro atoms. The van der Waals surface area contributed by atoms with Gasteiger partial charge in [0.1, 0.15) is 12.4 Å². The van der Waals surface area contributed by atoms with Gasteiger partial charge in [-0.1, -0.05) is 18.7 Å². The zero-order valence-electron chi connectivity index (χ0n) is 21.3. The number of rotatable bonds is 5. The summed E-state index contributed by atoms with van der Waals surface area (Å²) in [5.74, 6) is 2.94. The smallest absolute Gasteiger partial charge is 0.231 e. The molecule has 4 unspecified atom stereocenters. The van der Waals surface area contributed by atoms with Crippen LogP contribution in [0.25, 0.3) is 0 Å². The maximum absolute atomic E-state index is 11.4. The lowest BCUT2D eigenvalue weighted by molar-refractivity contribution is -0.0593. The van der Waals surface area contributed by atoms with Crippen LogP contribution in [-0.2, 0) is 12.8 Å². The quantitative estimate of drug-likeness (QED) is 0.614. The van der Waals surface area contributed by atoms with Crippen molar-refractivity contribution in [1.82, 2.24) is 9.80 Å². The van der Waals surface area contributed by atoms with Crippen LogP contribution in [0.3, 0.4) is 0 Å². The number of hydrogen-bond donors (Lipinski definition) is 2. The molecule has 2 aromatic rings. The van der Waals surface area contributed by atoms with E-state index in [0.717, 1.165) is 52.3 Å². The number of aryl methyl sites for hydroxylation is 1. The molecule has 4 heterocycles. The SMILES string of the molecule is C=CCOc1c(C)c2c(c3c1CC1C4c5c(cc(C)c(OC)c5O)CC(CN1C3CO)N4C)OCO2. The number of aromatic hydroxyl groups is 1. The van der Waals surface area contributed by atoms with Crippen molar-refractivity contribution in [2.24, 2.45) is 0 Å². The Labute approximate surface area is 211 Å². The zero-order chi connectivity index (χ0) is 25.3. The number of aliphatic hydroxyl groups excluding tert-OH is 1. The van der Waals surface area contributed by atoms with Gasteiger partial charge < -0.3 is 29.2 Å². The Hall–Kier alpha value is -2.94.